The van der Waals surface area contributed by atoms with Gasteiger partial charge in [-0.25, -0.2) is 0 Å². The molecule has 0 spiro atoms. The number of nitrogens with two attached hydrogens (primary N) is 1. The first-order chi connectivity index (χ1) is 12.5. The van der Waals surface area contributed by atoms with Crippen LogP contribution in [0, 0.1) is 29.6 Å². The molecule has 0 saturated heterocycles. The van der Waals surface area contributed by atoms with Crippen LogP contribution in [0.1, 0.15) is 19.8 Å². The SMILES string of the molecule is CC1CCC(=O)C2C(=O)[C@]3(O)C(=O)C(C(N)=O)C(=O)C(N(C)C)C3C(O)C12. The Hall–Kier alpha value is -1.97. The Balaban J connectivity index is 2.22. The van der Waals surface area contributed by atoms with Crippen LogP contribution in [0.3, 0.4) is 0 Å². The largest absolute Gasteiger partial charge is 0.392 e. The molecule has 0 heterocycles. The highest BCUT2D eigenvalue weighted by Crippen LogP contribution is 2.51. The first-order valence-corrected chi connectivity index (χ1v) is 8.97. The molecule has 3 aliphatic carbocycles. The molecule has 4 N–H and O–H groups in total. The van der Waals surface area contributed by atoms with Crippen LogP contribution in [0.4, 0.5) is 0 Å². The minimum absolute atomic E-state index is 0.102. The van der Waals surface area contributed by atoms with Gasteiger partial charge in [0.05, 0.1) is 24.0 Å². The number of fused-ring (bicyclic) bond motifs is 2. The topological polar surface area (TPSA) is 155 Å². The average molecular weight is 380 g/mol. The Labute approximate surface area is 155 Å². The number of hydrogen-bond acceptors (Lipinski definition) is 8. The van der Waals surface area contributed by atoms with Crippen LogP contribution in [0.15, 0.2) is 0 Å². The molecule has 3 rings (SSSR count). The van der Waals surface area contributed by atoms with Crippen molar-refractivity contribution in [1.82, 2.24) is 4.90 Å². The van der Waals surface area contributed by atoms with Crippen molar-refractivity contribution in [2.24, 2.45) is 35.3 Å². The average Bonchev–Trinajstić information content (AvgIpc) is 2.56. The van der Waals surface area contributed by atoms with Crippen LogP contribution in [0.5, 0.6) is 0 Å². The van der Waals surface area contributed by atoms with Crippen molar-refractivity contribution in [3.63, 3.8) is 0 Å². The number of hydrogen-bond donors (Lipinski definition) is 3. The zero-order valence-electron chi connectivity index (χ0n) is 15.4. The monoisotopic (exact) mass is 380 g/mol. The van der Waals surface area contributed by atoms with Gasteiger partial charge in [0, 0.05) is 12.3 Å². The van der Waals surface area contributed by atoms with E-state index in [0.717, 1.165) is 0 Å². The smallest absolute Gasteiger partial charge is 0.235 e. The van der Waals surface area contributed by atoms with Gasteiger partial charge in [0.25, 0.3) is 0 Å². The van der Waals surface area contributed by atoms with Crippen molar-refractivity contribution in [2.45, 2.75) is 37.5 Å². The Kier molecular flexibility index (Phi) is 4.61. The molecular weight excluding hydrogens is 356 g/mol. The summed E-state index contributed by atoms with van der Waals surface area (Å²) >= 11 is 0. The number of primary amides is 1. The van der Waals surface area contributed by atoms with E-state index in [1.165, 1.54) is 19.0 Å². The van der Waals surface area contributed by atoms with Gasteiger partial charge in [-0.1, -0.05) is 6.92 Å². The minimum atomic E-state index is -2.81. The lowest BCUT2D eigenvalue weighted by Gasteiger charge is -2.55. The highest BCUT2D eigenvalue weighted by atomic mass is 16.3. The number of carbonyl (C=O) groups is 5. The van der Waals surface area contributed by atoms with Crippen LogP contribution in [-0.4, -0.2) is 76.0 Å². The molecule has 7 unspecified atom stereocenters. The summed E-state index contributed by atoms with van der Waals surface area (Å²) in [6.45, 7) is 1.79. The van der Waals surface area contributed by atoms with E-state index >= 15 is 0 Å². The maximum atomic E-state index is 13.2. The van der Waals surface area contributed by atoms with Crippen LogP contribution >= 0.6 is 0 Å². The molecule has 8 atom stereocenters. The summed E-state index contributed by atoms with van der Waals surface area (Å²) in [5, 5.41) is 22.2. The lowest BCUT2D eigenvalue weighted by Crippen LogP contribution is -2.77. The second-order valence-corrected chi connectivity index (χ2v) is 8.19. The normalized spacial score (nSPS) is 44.9. The Morgan fingerprint density at radius 2 is 1.78 bits per heavy atom. The maximum absolute atomic E-state index is 13.2. The lowest BCUT2D eigenvalue weighted by atomic mass is 9.50. The molecule has 0 aromatic rings. The van der Waals surface area contributed by atoms with Crippen LogP contribution < -0.4 is 5.73 Å². The molecule has 9 nitrogen and oxygen atoms in total. The van der Waals surface area contributed by atoms with Crippen molar-refractivity contribution in [2.75, 3.05) is 14.1 Å². The van der Waals surface area contributed by atoms with Crippen molar-refractivity contribution < 1.29 is 34.2 Å². The van der Waals surface area contributed by atoms with Gasteiger partial charge in [0.2, 0.25) is 5.91 Å². The van der Waals surface area contributed by atoms with E-state index in [4.69, 9.17) is 5.73 Å². The molecule has 3 aliphatic rings. The summed E-state index contributed by atoms with van der Waals surface area (Å²) in [6, 6.07) is -1.27. The number of aliphatic hydroxyl groups excluding tert-OH is 1. The highest BCUT2D eigenvalue weighted by Gasteiger charge is 2.72. The van der Waals surface area contributed by atoms with Crippen LogP contribution in [0.25, 0.3) is 0 Å². The molecule has 1 amide bonds. The Morgan fingerprint density at radius 3 is 2.30 bits per heavy atom. The highest BCUT2D eigenvalue weighted by molar-refractivity contribution is 6.31. The van der Waals surface area contributed by atoms with Gasteiger partial charge >= 0.3 is 0 Å². The summed E-state index contributed by atoms with van der Waals surface area (Å²) < 4.78 is 0. The van der Waals surface area contributed by atoms with Gasteiger partial charge in [0.1, 0.15) is 5.78 Å². The quantitative estimate of drug-likeness (QED) is 0.451. The zero-order chi connectivity index (χ0) is 20.4. The number of amides is 1. The summed E-state index contributed by atoms with van der Waals surface area (Å²) in [4.78, 5) is 64.4. The Bertz CT molecular complexity index is 748. The molecule has 0 radical (unpaired) electrons. The molecule has 27 heavy (non-hydrogen) atoms. The third kappa shape index (κ3) is 2.45. The summed E-state index contributed by atoms with van der Waals surface area (Å²) in [7, 11) is 2.96. The Morgan fingerprint density at radius 1 is 1.19 bits per heavy atom. The first kappa shape index (κ1) is 19.8. The first-order valence-electron chi connectivity index (χ1n) is 8.97. The molecule has 0 aromatic carbocycles. The molecule has 3 saturated carbocycles. The van der Waals surface area contributed by atoms with E-state index in [-0.39, 0.29) is 12.3 Å². The van der Waals surface area contributed by atoms with Crippen molar-refractivity contribution >= 4 is 29.0 Å². The standard InChI is InChI=1S/C18H24N2O7/c1-6-4-5-7(21)9-8(6)13(22)11-12(20(2)3)14(23)10(17(19)26)16(25)18(11,27)15(9)24/h6,8-13,22,27H,4-5H2,1-3H3,(H2,19,26)/t6?,8?,9?,10?,11?,12?,13?,18-/m0/s1. The summed E-state index contributed by atoms with van der Waals surface area (Å²) in [6.07, 6.45) is -0.870. The minimum Gasteiger partial charge on any atom is -0.392 e. The molecule has 0 bridgehead atoms. The summed E-state index contributed by atoms with van der Waals surface area (Å²) in [5.41, 5.74) is 2.39. The summed E-state index contributed by atoms with van der Waals surface area (Å²) in [5.74, 6) is -10.7. The number of rotatable bonds is 2. The lowest BCUT2D eigenvalue weighted by molar-refractivity contribution is -0.202. The van der Waals surface area contributed by atoms with Gasteiger partial charge < -0.3 is 15.9 Å². The molecule has 148 valence electrons. The fourth-order valence-corrected chi connectivity index (χ4v) is 5.25. The number of ketones is 4. The third-order valence-electron chi connectivity index (χ3n) is 6.53. The van der Waals surface area contributed by atoms with E-state index in [9.17, 15) is 34.2 Å². The van der Waals surface area contributed by atoms with E-state index in [1.54, 1.807) is 6.92 Å². The number of nitrogens with zero attached hydrogens (tertiary/aromatic N) is 1. The fourth-order valence-electron chi connectivity index (χ4n) is 5.25. The zero-order valence-corrected chi connectivity index (χ0v) is 15.4. The number of likely N-dealkylation sites (N-methyl/N-ethyl adjacent to an activating group) is 1. The number of Topliss-reactive ketones (excluding diaryl/α,β-unsaturated/α-hetero) is 4. The van der Waals surface area contributed by atoms with E-state index < -0.39 is 70.5 Å². The fraction of sp³-hybridized carbons (Fsp3) is 0.722. The van der Waals surface area contributed by atoms with E-state index in [1.807, 2.05) is 0 Å². The van der Waals surface area contributed by atoms with Gasteiger partial charge in [-0.15, -0.1) is 0 Å². The second kappa shape index (κ2) is 6.29. The van der Waals surface area contributed by atoms with Crippen molar-refractivity contribution in [1.29, 1.82) is 0 Å². The van der Waals surface area contributed by atoms with Gasteiger partial charge in [0.15, 0.2) is 28.9 Å². The van der Waals surface area contributed by atoms with E-state index in [0.29, 0.717) is 6.42 Å². The third-order valence-corrected chi connectivity index (χ3v) is 6.53. The van der Waals surface area contributed by atoms with E-state index in [2.05, 4.69) is 0 Å². The van der Waals surface area contributed by atoms with Crippen LogP contribution in [-0.2, 0) is 24.0 Å². The van der Waals surface area contributed by atoms with Gasteiger partial charge in [-0.3, -0.25) is 28.9 Å². The number of aliphatic hydroxyl groups is 2. The van der Waals surface area contributed by atoms with Crippen molar-refractivity contribution in [3.8, 4) is 0 Å². The van der Waals surface area contributed by atoms with Gasteiger partial charge in [-0.05, 0) is 26.4 Å². The maximum Gasteiger partial charge on any atom is 0.235 e. The molecule has 3 fully saturated rings. The predicted octanol–water partition coefficient (Wildman–Crippen LogP) is -2.31. The molecule has 0 aliphatic heterocycles. The van der Waals surface area contributed by atoms with Crippen molar-refractivity contribution in [3.05, 3.63) is 0 Å². The predicted molar refractivity (Wildman–Crippen MR) is 90.0 cm³/mol. The molecular formula is C18H24N2O7. The molecule has 0 aromatic heterocycles. The molecule has 9 heteroatoms. The second-order valence-electron chi connectivity index (χ2n) is 8.19. The van der Waals surface area contributed by atoms with Crippen LogP contribution in [0.2, 0.25) is 0 Å². The number of carbonyl (C=O) groups excluding carboxylic acids is 5. The van der Waals surface area contributed by atoms with Gasteiger partial charge in [-0.2, -0.15) is 0 Å².